The number of nitrogens with one attached hydrogen (secondary N) is 3. The zero-order valence-electron chi connectivity index (χ0n) is 29.4. The van der Waals surface area contributed by atoms with Gasteiger partial charge >= 0.3 is 12.1 Å². The number of guanidine groups is 1. The Bertz CT molecular complexity index is 1720. The van der Waals surface area contributed by atoms with Gasteiger partial charge in [-0.1, -0.05) is 24.1 Å². The summed E-state index contributed by atoms with van der Waals surface area (Å²) >= 11 is 0. The Labute approximate surface area is 301 Å². The Morgan fingerprint density at radius 2 is 1.96 bits per heavy atom. The standard InChI is InChI=1S/C36H47N7O9/c1-19(44)40-18-28(45)42-25(6-4-13-39-34(37)38)32(46)41-17-23-16-22(33(47)48)11-14-43(23)35(49)51-27-10-8-24-20-5-3-12-36(24)29-21(15-20)7-9-26(50-2)30(29)52-31(27)36/h7-10,20,22-23,25,31H,3-6,11-18H2,1-2H3,(H,40,44)(H,41,46)(H,42,45)(H,47,48)(H4,37,38,39)/t20-,22?,23?,25+,31?,36+/m1/s1. The van der Waals surface area contributed by atoms with Gasteiger partial charge in [-0.3, -0.25) is 24.2 Å². The van der Waals surface area contributed by atoms with Gasteiger partial charge in [0.05, 0.1) is 31.0 Å². The number of aliphatic carboxylic acids is 1. The molecule has 1 aromatic carbocycles. The fraction of sp³-hybridized carbons (Fsp3) is 0.556. The molecule has 0 radical (unpaired) electrons. The number of carboxylic acid groups (broad SMARTS) is 1. The summed E-state index contributed by atoms with van der Waals surface area (Å²) in [6.07, 6.45) is 7.31. The number of amides is 4. The molecule has 3 unspecified atom stereocenters. The molecule has 2 aliphatic heterocycles. The van der Waals surface area contributed by atoms with Crippen molar-refractivity contribution < 1.29 is 43.3 Å². The average molecular weight is 722 g/mol. The zero-order chi connectivity index (χ0) is 37.2. The van der Waals surface area contributed by atoms with E-state index in [4.69, 9.17) is 25.7 Å². The minimum Gasteiger partial charge on any atom is -0.493 e. The van der Waals surface area contributed by atoms with Crippen LogP contribution in [0.4, 0.5) is 4.79 Å². The lowest BCUT2D eigenvalue weighted by Gasteiger charge is -2.49. The molecule has 4 amide bonds. The van der Waals surface area contributed by atoms with Crippen LogP contribution in [0.2, 0.25) is 0 Å². The van der Waals surface area contributed by atoms with Crippen molar-refractivity contribution in [3.8, 4) is 11.5 Å². The Kier molecular flexibility index (Phi) is 10.6. The lowest BCUT2D eigenvalue weighted by molar-refractivity contribution is -0.144. The van der Waals surface area contributed by atoms with E-state index in [1.54, 1.807) is 7.11 Å². The molecule has 16 heteroatoms. The van der Waals surface area contributed by atoms with Gasteiger partial charge in [-0.05, 0) is 68.6 Å². The van der Waals surface area contributed by atoms with Gasteiger partial charge in [0.1, 0.15) is 6.04 Å². The van der Waals surface area contributed by atoms with Crippen molar-refractivity contribution >= 4 is 35.7 Å². The summed E-state index contributed by atoms with van der Waals surface area (Å²) in [6.45, 7) is 1.16. The minimum atomic E-state index is -1.01. The highest BCUT2D eigenvalue weighted by Crippen LogP contribution is 2.64. The van der Waals surface area contributed by atoms with Crippen molar-refractivity contribution in [1.82, 2.24) is 20.9 Å². The Morgan fingerprint density at radius 3 is 2.69 bits per heavy atom. The van der Waals surface area contributed by atoms with E-state index in [2.05, 4.69) is 33.1 Å². The Balaban J connectivity index is 1.18. The topological polar surface area (TPSA) is 237 Å². The fourth-order valence-electron chi connectivity index (χ4n) is 8.58. The number of methoxy groups -OCH3 is 1. The number of piperidine rings is 1. The quantitative estimate of drug-likeness (QED) is 0.0953. The maximum atomic E-state index is 14.0. The lowest BCUT2D eigenvalue weighted by Crippen LogP contribution is -2.56. The molecule has 280 valence electrons. The molecule has 6 rings (SSSR count). The molecule has 6 atom stereocenters. The molecule has 1 saturated carbocycles. The molecule has 1 aromatic rings. The number of likely N-dealkylation sites (tertiary alicyclic amines) is 1. The highest BCUT2D eigenvalue weighted by Gasteiger charge is 2.61. The summed E-state index contributed by atoms with van der Waals surface area (Å²) in [7, 11) is 1.61. The molecule has 2 heterocycles. The van der Waals surface area contributed by atoms with Crippen LogP contribution >= 0.6 is 0 Å². The number of nitrogens with zero attached hydrogens (tertiary/aromatic N) is 2. The third kappa shape index (κ3) is 7.10. The molecular formula is C36H47N7O9. The first-order valence-electron chi connectivity index (χ1n) is 17.8. The number of rotatable bonds is 13. The van der Waals surface area contributed by atoms with Crippen LogP contribution in [0.5, 0.6) is 11.5 Å². The van der Waals surface area contributed by atoms with Crippen molar-refractivity contribution in [3.63, 3.8) is 0 Å². The SMILES string of the molecule is COc1ccc2c3c1OC1C(OC(=O)N4CCC(C(=O)O)CC4CNC(=O)[C@H](CCCN=C(N)N)NC(=O)CNC(C)=O)=CC=C4[C@H](CCC[C@]431)C2. The molecule has 1 saturated heterocycles. The number of hydrogen-bond donors (Lipinski definition) is 6. The smallest absolute Gasteiger partial charge is 0.415 e. The molecule has 3 aliphatic carbocycles. The maximum absolute atomic E-state index is 14.0. The number of ether oxygens (including phenoxy) is 3. The summed E-state index contributed by atoms with van der Waals surface area (Å²) in [6, 6.07) is 2.30. The molecule has 2 fully saturated rings. The van der Waals surface area contributed by atoms with Gasteiger partial charge < -0.3 is 51.6 Å². The first-order chi connectivity index (χ1) is 24.9. The van der Waals surface area contributed by atoms with Crippen LogP contribution in [0.15, 0.2) is 40.6 Å². The molecule has 8 N–H and O–H groups in total. The first-order valence-corrected chi connectivity index (χ1v) is 17.8. The lowest BCUT2D eigenvalue weighted by atomic mass is 9.53. The normalized spacial score (nSPS) is 25.5. The fourth-order valence-corrected chi connectivity index (χ4v) is 8.58. The van der Waals surface area contributed by atoms with Crippen LogP contribution in [0.3, 0.4) is 0 Å². The third-order valence-corrected chi connectivity index (χ3v) is 10.9. The summed E-state index contributed by atoms with van der Waals surface area (Å²) in [5.74, 6) is -1.33. The predicted octanol–water partition coefficient (Wildman–Crippen LogP) is 0.967. The maximum Gasteiger partial charge on any atom is 0.415 e. The molecule has 0 aromatic heterocycles. The number of allylic oxidation sites excluding steroid dienone is 2. The van der Waals surface area contributed by atoms with Crippen LogP contribution in [0.1, 0.15) is 63.0 Å². The average Bonchev–Trinajstić information content (AvgIpc) is 3.46. The van der Waals surface area contributed by atoms with Gasteiger partial charge in [-0.15, -0.1) is 0 Å². The molecule has 16 nitrogen and oxygen atoms in total. The van der Waals surface area contributed by atoms with Crippen LogP contribution in [-0.2, 0) is 35.8 Å². The molecule has 52 heavy (non-hydrogen) atoms. The van der Waals surface area contributed by atoms with Gasteiger partial charge in [0.25, 0.3) is 0 Å². The van der Waals surface area contributed by atoms with E-state index in [0.29, 0.717) is 29.6 Å². The van der Waals surface area contributed by atoms with Crippen molar-refractivity contribution in [2.75, 3.05) is 33.3 Å². The van der Waals surface area contributed by atoms with Crippen LogP contribution in [0, 0.1) is 11.8 Å². The number of carbonyl (C=O) groups excluding carboxylic acids is 4. The van der Waals surface area contributed by atoms with E-state index in [1.165, 1.54) is 23.0 Å². The van der Waals surface area contributed by atoms with E-state index in [0.717, 1.165) is 31.2 Å². The second kappa shape index (κ2) is 15.1. The highest BCUT2D eigenvalue weighted by molar-refractivity contribution is 5.90. The van der Waals surface area contributed by atoms with Gasteiger partial charge in [-0.2, -0.15) is 0 Å². The summed E-state index contributed by atoms with van der Waals surface area (Å²) in [5, 5.41) is 17.7. The summed E-state index contributed by atoms with van der Waals surface area (Å²) in [4.78, 5) is 68.7. The van der Waals surface area contributed by atoms with Crippen LogP contribution < -0.4 is 36.9 Å². The number of benzene rings is 1. The predicted molar refractivity (Wildman–Crippen MR) is 187 cm³/mol. The van der Waals surface area contributed by atoms with E-state index in [1.807, 2.05) is 12.1 Å². The second-order valence-electron chi connectivity index (χ2n) is 14.1. The Hall–Kier alpha value is -5.28. The minimum absolute atomic E-state index is 0.0788. The highest BCUT2D eigenvalue weighted by atomic mass is 16.6. The Morgan fingerprint density at radius 1 is 1.15 bits per heavy atom. The van der Waals surface area contributed by atoms with Gasteiger partial charge in [0.2, 0.25) is 17.7 Å². The molecule has 5 aliphatic rings. The largest absolute Gasteiger partial charge is 0.493 e. The van der Waals surface area contributed by atoms with E-state index in [9.17, 15) is 29.1 Å². The molecular weight excluding hydrogens is 674 g/mol. The van der Waals surface area contributed by atoms with Crippen molar-refractivity contribution in [3.05, 3.63) is 46.7 Å². The zero-order valence-corrected chi connectivity index (χ0v) is 29.4. The van der Waals surface area contributed by atoms with Crippen molar-refractivity contribution in [1.29, 1.82) is 0 Å². The summed E-state index contributed by atoms with van der Waals surface area (Å²) < 4.78 is 18.5. The summed E-state index contributed by atoms with van der Waals surface area (Å²) in [5.41, 5.74) is 14.0. The molecule has 2 bridgehead atoms. The number of nitrogens with two attached hydrogens (primary N) is 2. The monoisotopic (exact) mass is 721 g/mol. The third-order valence-electron chi connectivity index (χ3n) is 10.9. The van der Waals surface area contributed by atoms with Crippen molar-refractivity contribution in [2.24, 2.45) is 28.3 Å². The number of aliphatic imine (C=N–C) groups is 1. The number of carboxylic acids is 1. The van der Waals surface area contributed by atoms with E-state index >= 15 is 0 Å². The van der Waals surface area contributed by atoms with Gasteiger partial charge in [0.15, 0.2) is 29.3 Å². The molecule has 1 spiro atoms. The number of carbonyl (C=O) groups is 5. The first kappa shape index (κ1) is 36.5. The number of hydrogen-bond acceptors (Lipinski definition) is 9. The van der Waals surface area contributed by atoms with Crippen molar-refractivity contribution in [2.45, 2.75) is 81.9 Å². The van der Waals surface area contributed by atoms with Gasteiger partial charge in [0, 0.05) is 32.1 Å². The second-order valence-corrected chi connectivity index (χ2v) is 14.1. The van der Waals surface area contributed by atoms with E-state index < -0.39 is 59.3 Å². The van der Waals surface area contributed by atoms with Crippen LogP contribution in [-0.4, -0.2) is 97.2 Å². The van der Waals surface area contributed by atoms with E-state index in [-0.39, 0.29) is 51.4 Å². The van der Waals surface area contributed by atoms with Gasteiger partial charge in [-0.25, -0.2) is 4.79 Å². The van der Waals surface area contributed by atoms with Crippen LogP contribution in [0.25, 0.3) is 0 Å².